The number of hydrogen-bond donors (Lipinski definition) is 2. The van der Waals surface area contributed by atoms with Crippen molar-refractivity contribution in [3.8, 4) is 0 Å². The summed E-state index contributed by atoms with van der Waals surface area (Å²) in [6, 6.07) is 29.0. The van der Waals surface area contributed by atoms with Gasteiger partial charge in [0.2, 0.25) is 0 Å². The lowest BCUT2D eigenvalue weighted by Crippen LogP contribution is -2.39. The number of sulfonamides is 1. The molecule has 200 valence electrons. The van der Waals surface area contributed by atoms with E-state index in [-0.39, 0.29) is 23.9 Å². The van der Waals surface area contributed by atoms with Crippen LogP contribution in [0.15, 0.2) is 102 Å². The van der Waals surface area contributed by atoms with Crippen molar-refractivity contribution in [1.29, 1.82) is 0 Å². The number of carbonyl (C=O) groups is 1. The highest BCUT2D eigenvalue weighted by Gasteiger charge is 2.28. The first kappa shape index (κ1) is 26.5. The Hall–Kier alpha value is -4.14. The number of para-hydroxylation sites is 2. The fourth-order valence-electron chi connectivity index (χ4n) is 4.88. The van der Waals surface area contributed by atoms with E-state index in [0.29, 0.717) is 17.8 Å². The first-order chi connectivity index (χ1) is 18.8. The zero-order valence-corrected chi connectivity index (χ0v) is 22.7. The predicted octanol–water partition coefficient (Wildman–Crippen LogP) is 5.11. The summed E-state index contributed by atoms with van der Waals surface area (Å²) in [5.74, 6) is -0.233. The number of rotatable bonds is 9. The molecule has 4 aromatic carbocycles. The Balaban J connectivity index is 1.51. The first-order valence-corrected chi connectivity index (χ1v) is 14.4. The number of anilines is 1. The Morgan fingerprint density at radius 2 is 1.44 bits per heavy atom. The van der Waals surface area contributed by atoms with Crippen molar-refractivity contribution in [3.05, 3.63) is 108 Å². The Morgan fingerprint density at radius 3 is 2.00 bits per heavy atom. The van der Waals surface area contributed by atoms with Crippen molar-refractivity contribution < 1.29 is 18.3 Å². The van der Waals surface area contributed by atoms with E-state index in [1.165, 1.54) is 4.31 Å². The molecule has 0 aliphatic heterocycles. The van der Waals surface area contributed by atoms with E-state index in [9.17, 15) is 18.3 Å². The minimum Gasteiger partial charge on any atom is -0.389 e. The molecular weight excluding hydrogens is 510 g/mol. The molecule has 0 fully saturated rings. The fraction of sp³-hybridized carbons (Fsp3) is 0.194. The van der Waals surface area contributed by atoms with Crippen LogP contribution in [0, 0.1) is 6.92 Å². The molecule has 2 N–H and O–H groups in total. The Bertz CT molecular complexity index is 1670. The van der Waals surface area contributed by atoms with Crippen LogP contribution in [0.25, 0.3) is 21.8 Å². The van der Waals surface area contributed by atoms with Crippen molar-refractivity contribution in [2.24, 2.45) is 0 Å². The number of fused-ring (bicyclic) bond motifs is 3. The lowest BCUT2D eigenvalue weighted by atomic mass is 10.2. The smallest absolute Gasteiger partial charge is 0.264 e. The van der Waals surface area contributed by atoms with Crippen molar-refractivity contribution in [2.45, 2.75) is 31.4 Å². The van der Waals surface area contributed by atoms with E-state index in [1.807, 2.05) is 66.9 Å². The Kier molecular flexibility index (Phi) is 7.41. The number of aromatic nitrogens is 1. The maximum atomic E-state index is 13.9. The molecule has 1 heterocycles. The number of amides is 1. The number of nitrogens with zero attached hydrogens (tertiary/aromatic N) is 2. The molecule has 8 heteroatoms. The van der Waals surface area contributed by atoms with Gasteiger partial charge in [-0.25, -0.2) is 8.42 Å². The summed E-state index contributed by atoms with van der Waals surface area (Å²) in [5, 5.41) is 16.2. The van der Waals surface area contributed by atoms with Crippen LogP contribution in [-0.2, 0) is 16.6 Å². The van der Waals surface area contributed by atoms with Crippen LogP contribution in [0.4, 0.5) is 5.69 Å². The van der Waals surface area contributed by atoms with Gasteiger partial charge in [0.25, 0.3) is 15.9 Å². The van der Waals surface area contributed by atoms with Gasteiger partial charge >= 0.3 is 0 Å². The van der Waals surface area contributed by atoms with Gasteiger partial charge in [-0.1, -0.05) is 54.1 Å². The maximum Gasteiger partial charge on any atom is 0.264 e. The first-order valence-electron chi connectivity index (χ1n) is 12.9. The average molecular weight is 542 g/mol. The van der Waals surface area contributed by atoms with Crippen LogP contribution in [0.2, 0.25) is 0 Å². The van der Waals surface area contributed by atoms with Gasteiger partial charge in [-0.2, -0.15) is 0 Å². The zero-order chi connectivity index (χ0) is 27.6. The summed E-state index contributed by atoms with van der Waals surface area (Å²) >= 11 is 0. The fourth-order valence-corrected chi connectivity index (χ4v) is 6.38. The van der Waals surface area contributed by atoms with Crippen molar-refractivity contribution in [2.75, 3.05) is 17.4 Å². The molecule has 0 radical (unpaired) electrons. The standard InChI is InChI=1S/C31H31N3O4S/c1-3-32-31(36)23-14-16-24(17-15-23)34(39(37,38)26-18-12-22(2)13-19-26)21-25(35)20-33-29-10-6-4-8-27(29)28-9-5-7-11-30(28)33/h4-19,25,35H,3,20-21H2,1-2H3,(H,32,36). The van der Waals surface area contributed by atoms with E-state index in [2.05, 4.69) is 5.32 Å². The quantitative estimate of drug-likeness (QED) is 0.271. The average Bonchev–Trinajstić information content (AvgIpc) is 3.25. The number of benzene rings is 4. The Labute approximate surface area is 228 Å². The third-order valence-electron chi connectivity index (χ3n) is 6.81. The number of nitrogens with one attached hydrogen (secondary N) is 1. The molecule has 1 atom stereocenters. The minimum atomic E-state index is -4.01. The normalized spacial score (nSPS) is 12.5. The minimum absolute atomic E-state index is 0.130. The molecule has 5 aromatic rings. The molecule has 0 bridgehead atoms. The van der Waals surface area contributed by atoms with Gasteiger partial charge < -0.3 is 15.0 Å². The lowest BCUT2D eigenvalue weighted by molar-refractivity contribution is 0.0955. The predicted molar refractivity (Wildman–Crippen MR) is 156 cm³/mol. The number of aliphatic hydroxyl groups is 1. The van der Waals surface area contributed by atoms with Crippen LogP contribution in [0.3, 0.4) is 0 Å². The molecular formula is C31H31N3O4S. The molecule has 1 amide bonds. The van der Waals surface area contributed by atoms with Crippen molar-refractivity contribution in [1.82, 2.24) is 9.88 Å². The number of aryl methyl sites for hydroxylation is 1. The second kappa shape index (κ2) is 10.9. The van der Waals surface area contributed by atoms with Gasteiger partial charge in [-0.05, 0) is 62.4 Å². The van der Waals surface area contributed by atoms with Crippen LogP contribution >= 0.6 is 0 Å². The van der Waals surface area contributed by atoms with E-state index < -0.39 is 16.1 Å². The van der Waals surface area contributed by atoms with Crippen LogP contribution < -0.4 is 9.62 Å². The van der Waals surface area contributed by atoms with E-state index >= 15 is 0 Å². The van der Waals surface area contributed by atoms with Gasteiger partial charge in [0, 0.05) is 33.9 Å². The van der Waals surface area contributed by atoms with Gasteiger partial charge in [0.05, 0.1) is 29.8 Å². The Morgan fingerprint density at radius 1 is 0.872 bits per heavy atom. The van der Waals surface area contributed by atoms with Crippen molar-refractivity contribution in [3.63, 3.8) is 0 Å². The maximum absolute atomic E-state index is 13.9. The summed E-state index contributed by atoms with van der Waals surface area (Å²) in [7, 11) is -4.01. The molecule has 1 unspecified atom stereocenters. The summed E-state index contributed by atoms with van der Waals surface area (Å²) in [6.07, 6.45) is -1.02. The molecule has 0 spiro atoms. The van der Waals surface area contributed by atoms with E-state index in [4.69, 9.17) is 0 Å². The largest absolute Gasteiger partial charge is 0.389 e. The summed E-state index contributed by atoms with van der Waals surface area (Å²) in [5.41, 5.74) is 3.68. The molecule has 5 rings (SSSR count). The summed E-state index contributed by atoms with van der Waals surface area (Å²) in [6.45, 7) is 4.25. The molecule has 7 nitrogen and oxygen atoms in total. The zero-order valence-electron chi connectivity index (χ0n) is 21.9. The second-order valence-electron chi connectivity index (χ2n) is 9.55. The lowest BCUT2D eigenvalue weighted by Gasteiger charge is -2.27. The monoisotopic (exact) mass is 541 g/mol. The molecule has 39 heavy (non-hydrogen) atoms. The number of carbonyl (C=O) groups excluding carboxylic acids is 1. The highest BCUT2D eigenvalue weighted by Crippen LogP contribution is 2.30. The van der Waals surface area contributed by atoms with Gasteiger partial charge in [-0.3, -0.25) is 9.10 Å². The van der Waals surface area contributed by atoms with E-state index in [0.717, 1.165) is 27.4 Å². The third kappa shape index (κ3) is 5.26. The molecule has 1 aromatic heterocycles. The van der Waals surface area contributed by atoms with Crippen LogP contribution in [0.5, 0.6) is 0 Å². The van der Waals surface area contributed by atoms with Gasteiger partial charge in [0.1, 0.15) is 0 Å². The second-order valence-corrected chi connectivity index (χ2v) is 11.4. The highest BCUT2D eigenvalue weighted by molar-refractivity contribution is 7.92. The molecule has 0 saturated heterocycles. The highest BCUT2D eigenvalue weighted by atomic mass is 32.2. The third-order valence-corrected chi connectivity index (χ3v) is 8.62. The molecule has 0 aliphatic carbocycles. The van der Waals surface area contributed by atoms with Gasteiger partial charge in [0.15, 0.2) is 0 Å². The summed E-state index contributed by atoms with van der Waals surface area (Å²) < 4.78 is 31.0. The molecule has 0 aliphatic rings. The SMILES string of the molecule is CCNC(=O)c1ccc(N(CC(O)Cn2c3ccccc3c3ccccc32)S(=O)(=O)c2ccc(C)cc2)cc1. The topological polar surface area (TPSA) is 91.6 Å². The number of hydrogen-bond acceptors (Lipinski definition) is 4. The van der Waals surface area contributed by atoms with Crippen molar-refractivity contribution >= 4 is 43.4 Å². The number of aliphatic hydroxyl groups excluding tert-OH is 1. The van der Waals surface area contributed by atoms with Crippen LogP contribution in [-0.4, -0.2) is 43.2 Å². The molecule has 0 saturated carbocycles. The van der Waals surface area contributed by atoms with Gasteiger partial charge in [-0.15, -0.1) is 0 Å². The van der Waals surface area contributed by atoms with Crippen LogP contribution in [0.1, 0.15) is 22.8 Å². The summed E-state index contributed by atoms with van der Waals surface area (Å²) in [4.78, 5) is 12.4. The van der Waals surface area contributed by atoms with E-state index in [1.54, 1.807) is 48.5 Å².